The topological polar surface area (TPSA) is 61.8 Å². The third-order valence-electron chi connectivity index (χ3n) is 5.60. The van der Waals surface area contributed by atoms with Gasteiger partial charge in [0.15, 0.2) is 5.65 Å². The van der Waals surface area contributed by atoms with Crippen molar-refractivity contribution in [2.45, 2.75) is 60.0 Å². The number of aromatic nitrogens is 3. The Morgan fingerprint density at radius 2 is 2.00 bits per heavy atom. The maximum atomic E-state index is 10.7. The molecule has 0 amide bonds. The number of nitrogens with zero attached hydrogens (tertiary/aromatic N) is 2. The normalized spacial score (nSPS) is 15.1. The van der Waals surface area contributed by atoms with Crippen LogP contribution >= 0.6 is 0 Å². The number of hydrogen-bond donors (Lipinski definition) is 2. The van der Waals surface area contributed by atoms with E-state index in [1.165, 1.54) is 5.57 Å². The fraction of sp³-hybridized carbons (Fsp3) is 0.360. The molecule has 0 spiro atoms. The Morgan fingerprint density at radius 1 is 1.21 bits per heavy atom. The maximum absolute atomic E-state index is 10.7. The number of hydrogen-bond acceptors (Lipinski definition) is 3. The molecule has 0 fully saturated rings. The first kappa shape index (κ1) is 21.0. The molecular formula is C25H31N3O. The van der Waals surface area contributed by atoms with E-state index in [2.05, 4.69) is 60.9 Å². The molecule has 4 nitrogen and oxygen atoms in total. The maximum Gasteiger partial charge on any atom is 0.159 e. The summed E-state index contributed by atoms with van der Waals surface area (Å²) in [5.74, 6) is 0. The highest BCUT2D eigenvalue weighted by atomic mass is 16.3. The van der Waals surface area contributed by atoms with Gasteiger partial charge in [0.2, 0.25) is 0 Å². The Bertz CT molecular complexity index is 1100. The molecule has 0 aliphatic heterocycles. The minimum Gasteiger partial charge on any atom is -0.388 e. The summed E-state index contributed by atoms with van der Waals surface area (Å²) >= 11 is 0. The van der Waals surface area contributed by atoms with Crippen LogP contribution in [0.5, 0.6) is 0 Å². The van der Waals surface area contributed by atoms with Crippen LogP contribution < -0.4 is 0 Å². The van der Waals surface area contributed by atoms with Crippen LogP contribution in [0.3, 0.4) is 0 Å². The zero-order valence-corrected chi connectivity index (χ0v) is 18.1. The van der Waals surface area contributed by atoms with Crippen molar-refractivity contribution in [3.05, 3.63) is 65.3 Å². The number of rotatable bonds is 7. The summed E-state index contributed by atoms with van der Waals surface area (Å²) in [5, 5.41) is 13.9. The molecule has 0 bridgehead atoms. The van der Waals surface area contributed by atoms with Crippen LogP contribution in [-0.2, 0) is 0 Å². The second-order valence-corrected chi connectivity index (χ2v) is 7.58. The highest BCUT2D eigenvalue weighted by Crippen LogP contribution is 2.29. The van der Waals surface area contributed by atoms with Crippen LogP contribution in [0.4, 0.5) is 0 Å². The summed E-state index contributed by atoms with van der Waals surface area (Å²) in [4.78, 5) is 12.2. The minimum atomic E-state index is -0.420. The molecule has 3 aromatic rings. The second-order valence-electron chi connectivity index (χ2n) is 7.58. The SMILES string of the molecule is C\C=C(/C(C)=C\C(=C(/C)CC)C(O)CCC)c1cc2cnc3nccc3c2c[nH]1. The van der Waals surface area contributed by atoms with Gasteiger partial charge in [0.05, 0.1) is 6.10 Å². The zero-order chi connectivity index (χ0) is 21.0. The van der Waals surface area contributed by atoms with E-state index in [9.17, 15) is 5.11 Å². The van der Waals surface area contributed by atoms with E-state index in [1.54, 1.807) is 6.20 Å². The van der Waals surface area contributed by atoms with Gasteiger partial charge in [-0.2, -0.15) is 0 Å². The number of H-pyrrole nitrogens is 1. The standard InChI is InChI=1S/C25H31N3O/c1-6-9-24(29)21(16(4)7-2)12-17(5)19(8-3)23-13-18-14-28-25-20(10-11-26-25)22(18)15-27-23/h8,10-15,24,27,29H,6-7,9H2,1-5H3/b17-12-,19-8+,21-16-. The Balaban J connectivity index is 2.03. The van der Waals surface area contributed by atoms with Crippen LogP contribution in [0.1, 0.15) is 59.6 Å². The van der Waals surface area contributed by atoms with Crippen molar-refractivity contribution in [2.24, 2.45) is 0 Å². The summed E-state index contributed by atoms with van der Waals surface area (Å²) < 4.78 is 0. The average Bonchev–Trinajstić information content (AvgIpc) is 3.21. The fourth-order valence-corrected chi connectivity index (χ4v) is 3.82. The van der Waals surface area contributed by atoms with E-state index in [-0.39, 0.29) is 0 Å². The van der Waals surface area contributed by atoms with E-state index in [4.69, 9.17) is 0 Å². The number of pyridine rings is 2. The molecular weight excluding hydrogens is 358 g/mol. The molecule has 0 aliphatic carbocycles. The smallest absolute Gasteiger partial charge is 0.159 e. The van der Waals surface area contributed by atoms with Crippen LogP contribution in [0, 0.1) is 0 Å². The molecule has 2 N–H and O–H groups in total. The van der Waals surface area contributed by atoms with Crippen molar-refractivity contribution in [2.75, 3.05) is 0 Å². The van der Waals surface area contributed by atoms with Crippen LogP contribution in [0.25, 0.3) is 27.4 Å². The predicted octanol–water partition coefficient (Wildman–Crippen LogP) is 6.35. The quantitative estimate of drug-likeness (QED) is 0.463. The Kier molecular flexibility index (Phi) is 6.65. The molecule has 3 aromatic heterocycles. The van der Waals surface area contributed by atoms with E-state index in [1.807, 2.05) is 25.4 Å². The first-order valence-electron chi connectivity index (χ1n) is 10.4. The molecule has 0 saturated heterocycles. The van der Waals surface area contributed by atoms with Gasteiger partial charge < -0.3 is 10.1 Å². The second kappa shape index (κ2) is 9.19. The molecule has 0 aromatic carbocycles. The van der Waals surface area contributed by atoms with Gasteiger partial charge in [0.25, 0.3) is 0 Å². The monoisotopic (exact) mass is 389 g/mol. The lowest BCUT2D eigenvalue weighted by Crippen LogP contribution is -2.11. The van der Waals surface area contributed by atoms with Gasteiger partial charge in [-0.05, 0) is 62.5 Å². The molecule has 4 heteroatoms. The van der Waals surface area contributed by atoms with Gasteiger partial charge in [-0.3, -0.25) is 0 Å². The molecule has 0 saturated carbocycles. The molecule has 152 valence electrons. The van der Waals surface area contributed by atoms with Gasteiger partial charge in [-0.25, -0.2) is 9.97 Å². The molecule has 3 heterocycles. The van der Waals surface area contributed by atoms with Crippen LogP contribution in [0.2, 0.25) is 0 Å². The molecule has 1 atom stereocenters. The first-order valence-corrected chi connectivity index (χ1v) is 10.4. The summed E-state index contributed by atoms with van der Waals surface area (Å²) in [5.41, 5.74) is 6.34. The number of allylic oxidation sites excluding steroid dienone is 4. The van der Waals surface area contributed by atoms with Crippen molar-refractivity contribution in [3.8, 4) is 0 Å². The van der Waals surface area contributed by atoms with Crippen molar-refractivity contribution in [3.63, 3.8) is 0 Å². The van der Waals surface area contributed by atoms with E-state index in [0.717, 1.165) is 63.5 Å². The van der Waals surface area contributed by atoms with Gasteiger partial charge in [0.1, 0.15) is 0 Å². The average molecular weight is 390 g/mol. The summed E-state index contributed by atoms with van der Waals surface area (Å²) in [6.07, 6.45) is 12.2. The van der Waals surface area contributed by atoms with Crippen LogP contribution in [-0.4, -0.2) is 26.2 Å². The van der Waals surface area contributed by atoms with Crippen molar-refractivity contribution in [1.82, 2.24) is 15.0 Å². The Morgan fingerprint density at radius 3 is 2.69 bits per heavy atom. The Hall–Kier alpha value is -2.72. The van der Waals surface area contributed by atoms with Gasteiger partial charge in [-0.1, -0.05) is 38.0 Å². The summed E-state index contributed by atoms with van der Waals surface area (Å²) in [6, 6.07) is 4.14. The molecule has 3 rings (SSSR count). The number of aromatic amines is 1. The van der Waals surface area contributed by atoms with Gasteiger partial charge >= 0.3 is 0 Å². The van der Waals surface area contributed by atoms with E-state index < -0.39 is 6.10 Å². The first-order chi connectivity index (χ1) is 14.0. The van der Waals surface area contributed by atoms with Crippen LogP contribution in [0.15, 0.2) is 59.6 Å². The third kappa shape index (κ3) is 4.33. The Labute approximate surface area is 173 Å². The van der Waals surface area contributed by atoms with E-state index in [0.29, 0.717) is 0 Å². The zero-order valence-electron chi connectivity index (χ0n) is 18.1. The summed E-state index contributed by atoms with van der Waals surface area (Å²) in [7, 11) is 0. The highest BCUT2D eigenvalue weighted by Gasteiger charge is 2.13. The fourth-order valence-electron chi connectivity index (χ4n) is 3.82. The van der Waals surface area contributed by atoms with Crippen molar-refractivity contribution >= 4 is 27.4 Å². The molecule has 0 radical (unpaired) electrons. The number of aliphatic hydroxyl groups is 1. The largest absolute Gasteiger partial charge is 0.388 e. The van der Waals surface area contributed by atoms with Gasteiger partial charge in [0, 0.05) is 40.4 Å². The number of fused-ring (bicyclic) bond motifs is 3. The molecule has 0 aliphatic rings. The molecule has 29 heavy (non-hydrogen) atoms. The predicted molar refractivity (Wildman–Crippen MR) is 123 cm³/mol. The number of aliphatic hydroxyl groups excluding tert-OH is 1. The van der Waals surface area contributed by atoms with Gasteiger partial charge in [-0.15, -0.1) is 0 Å². The summed E-state index contributed by atoms with van der Waals surface area (Å²) in [6.45, 7) is 10.5. The highest BCUT2D eigenvalue weighted by molar-refractivity contribution is 6.04. The minimum absolute atomic E-state index is 0.420. The van der Waals surface area contributed by atoms with E-state index >= 15 is 0 Å². The van der Waals surface area contributed by atoms with Crippen molar-refractivity contribution < 1.29 is 5.11 Å². The molecule has 1 unspecified atom stereocenters. The third-order valence-corrected chi connectivity index (χ3v) is 5.60. The lowest BCUT2D eigenvalue weighted by molar-refractivity contribution is 0.201. The number of nitrogens with one attached hydrogen (secondary N) is 1. The lowest BCUT2D eigenvalue weighted by Gasteiger charge is -2.17. The van der Waals surface area contributed by atoms with Crippen molar-refractivity contribution in [1.29, 1.82) is 0 Å². The lowest BCUT2D eigenvalue weighted by atomic mass is 9.93.